The summed E-state index contributed by atoms with van der Waals surface area (Å²) in [5.74, 6) is -0.706. The van der Waals surface area contributed by atoms with Gasteiger partial charge in [0.1, 0.15) is 0 Å². The van der Waals surface area contributed by atoms with E-state index < -0.39 is 10.8 Å². The van der Waals surface area contributed by atoms with Crippen LogP contribution in [0.1, 0.15) is 58.8 Å². The van der Waals surface area contributed by atoms with E-state index in [2.05, 4.69) is 27.6 Å². The number of rotatable bonds is 10. The lowest BCUT2D eigenvalue weighted by Gasteiger charge is -2.13. The molecule has 0 aliphatic rings. The summed E-state index contributed by atoms with van der Waals surface area (Å²) in [5.41, 5.74) is -0.207. The first-order valence-corrected chi connectivity index (χ1v) is 7.65. The largest absolute Gasteiger partial charge is 0.463 e. The maximum atomic E-state index is 13.3. The number of alkyl halides is 3. The van der Waals surface area contributed by atoms with Gasteiger partial charge in [0.05, 0.1) is 6.61 Å². The quantitative estimate of drug-likeness (QED) is 0.236. The van der Waals surface area contributed by atoms with E-state index in [1.54, 1.807) is 6.92 Å². The van der Waals surface area contributed by atoms with Gasteiger partial charge >= 0.3 is 10.8 Å². The van der Waals surface area contributed by atoms with Gasteiger partial charge in [-0.15, -0.1) is 0 Å². The Bertz CT molecular complexity index is 286. The van der Waals surface area contributed by atoms with Crippen molar-refractivity contribution in [3.63, 3.8) is 0 Å². The molecule has 0 fully saturated rings. The van der Waals surface area contributed by atoms with Crippen molar-refractivity contribution in [2.45, 2.75) is 63.6 Å². The van der Waals surface area contributed by atoms with Gasteiger partial charge in [-0.1, -0.05) is 39.0 Å². The number of hydrogen-bond acceptors (Lipinski definition) is 2. The molecule has 0 heterocycles. The Morgan fingerprint density at radius 3 is 2.26 bits per heavy atom. The molecule has 0 N–H and O–H groups in total. The van der Waals surface area contributed by atoms with Gasteiger partial charge in [0, 0.05) is 11.6 Å². The Labute approximate surface area is 122 Å². The molecule has 0 amide bonds. The van der Waals surface area contributed by atoms with Crippen molar-refractivity contribution in [1.82, 2.24) is 0 Å². The molecule has 0 saturated carbocycles. The Hall–Kier alpha value is -0.450. The van der Waals surface area contributed by atoms with Crippen LogP contribution >= 0.6 is 15.9 Å². The number of halogens is 3. The van der Waals surface area contributed by atoms with E-state index >= 15 is 0 Å². The van der Waals surface area contributed by atoms with E-state index in [4.69, 9.17) is 0 Å². The van der Waals surface area contributed by atoms with Crippen molar-refractivity contribution in [2.24, 2.45) is 0 Å². The molecule has 2 nitrogen and oxygen atoms in total. The summed E-state index contributed by atoms with van der Waals surface area (Å²) in [4.78, 5) is 8.09. The molecular weight excluding hydrogens is 318 g/mol. The number of hydrogen-bond donors (Lipinski definition) is 0. The molecule has 0 spiro atoms. The first-order valence-electron chi connectivity index (χ1n) is 6.86. The number of carbonyl (C=O) groups excluding carboxylic acids is 1. The van der Waals surface area contributed by atoms with Crippen LogP contribution in [0.15, 0.2) is 11.6 Å². The third kappa shape index (κ3) is 10.0. The van der Waals surface area contributed by atoms with E-state index in [0.717, 1.165) is 31.8 Å². The predicted molar refractivity (Wildman–Crippen MR) is 76.6 cm³/mol. The average molecular weight is 341 g/mol. The minimum atomic E-state index is -3.14. The minimum Gasteiger partial charge on any atom is -0.463 e. The van der Waals surface area contributed by atoms with Gasteiger partial charge in [-0.2, -0.15) is 8.78 Å². The van der Waals surface area contributed by atoms with Gasteiger partial charge in [-0.05, 0) is 35.7 Å². The number of carbonyl (C=O) groups is 1. The van der Waals surface area contributed by atoms with E-state index in [-0.39, 0.29) is 18.6 Å². The first kappa shape index (κ1) is 18.6. The van der Waals surface area contributed by atoms with Crippen LogP contribution in [0.2, 0.25) is 0 Å². The molecular formula is C14H23BrF2O2. The van der Waals surface area contributed by atoms with Crippen LogP contribution in [-0.4, -0.2) is 17.4 Å². The van der Waals surface area contributed by atoms with Crippen LogP contribution in [0, 0.1) is 0 Å². The van der Waals surface area contributed by atoms with Crippen molar-refractivity contribution in [3.8, 4) is 0 Å². The zero-order valence-corrected chi connectivity index (χ0v) is 13.3. The molecule has 0 aromatic carbocycles. The minimum absolute atomic E-state index is 0.188. The molecule has 0 saturated heterocycles. The molecule has 0 rings (SSSR count). The van der Waals surface area contributed by atoms with E-state index in [1.165, 1.54) is 6.42 Å². The first-order chi connectivity index (χ1) is 8.91. The topological polar surface area (TPSA) is 26.3 Å². The smallest absolute Gasteiger partial charge is 0.330 e. The Balaban J connectivity index is 4.20. The van der Waals surface area contributed by atoms with Crippen LogP contribution < -0.4 is 0 Å². The highest BCUT2D eigenvalue weighted by Crippen LogP contribution is 2.34. The number of unbranched alkanes of at least 4 members (excludes halogenated alkanes) is 5. The molecule has 0 bridgehead atoms. The molecule has 0 unspecified atom stereocenters. The molecule has 0 radical (unpaired) electrons. The fourth-order valence-corrected chi connectivity index (χ4v) is 2.03. The fraction of sp³-hybridized carbons (Fsp3) is 0.786. The van der Waals surface area contributed by atoms with E-state index in [9.17, 15) is 13.6 Å². The maximum absolute atomic E-state index is 13.3. The zero-order valence-electron chi connectivity index (χ0n) is 11.7. The molecule has 0 atom stereocenters. The highest BCUT2D eigenvalue weighted by Gasteiger charge is 2.30. The molecule has 19 heavy (non-hydrogen) atoms. The van der Waals surface area contributed by atoms with Crippen molar-refractivity contribution in [2.75, 3.05) is 6.61 Å². The highest BCUT2D eigenvalue weighted by atomic mass is 79.9. The summed E-state index contributed by atoms with van der Waals surface area (Å²) in [6, 6.07) is 0. The fourth-order valence-electron chi connectivity index (χ4n) is 1.72. The second-order valence-corrected chi connectivity index (χ2v) is 5.43. The molecule has 0 aliphatic heterocycles. The lowest BCUT2D eigenvalue weighted by molar-refractivity contribution is -0.137. The average Bonchev–Trinajstić information content (AvgIpc) is 2.31. The SMILES string of the molecule is CCCCCCCC/C(=C\C(=O)OCC)C(F)(F)Br. The summed E-state index contributed by atoms with van der Waals surface area (Å²) >= 11 is 2.31. The zero-order chi connectivity index (χ0) is 14.7. The van der Waals surface area contributed by atoms with Gasteiger partial charge in [0.25, 0.3) is 0 Å². The second-order valence-electron chi connectivity index (χ2n) is 4.44. The van der Waals surface area contributed by atoms with Crippen LogP contribution in [0.3, 0.4) is 0 Å². The van der Waals surface area contributed by atoms with Gasteiger partial charge in [-0.25, -0.2) is 4.79 Å². The summed E-state index contributed by atoms with van der Waals surface area (Å²) in [5, 5.41) is 0. The van der Waals surface area contributed by atoms with Crippen molar-refractivity contribution >= 4 is 21.9 Å². The number of esters is 1. The predicted octanol–water partition coefficient (Wildman–Crippen LogP) is 5.21. The number of ether oxygens (including phenoxy) is 1. The standard InChI is InChI=1S/C14H23BrF2O2/c1-3-5-6-7-8-9-10-12(14(15,16)17)11-13(18)19-4-2/h11H,3-10H2,1-2H3/b12-11+. The lowest BCUT2D eigenvalue weighted by atomic mass is 10.0. The van der Waals surface area contributed by atoms with Crippen LogP contribution in [-0.2, 0) is 9.53 Å². The van der Waals surface area contributed by atoms with Gasteiger partial charge in [0.2, 0.25) is 0 Å². The summed E-state index contributed by atoms with van der Waals surface area (Å²) in [6.45, 7) is 3.96. The Kier molecular flexibility index (Phi) is 10.1. The normalized spacial score (nSPS) is 12.6. The molecule has 0 aliphatic carbocycles. The Morgan fingerprint density at radius 1 is 1.16 bits per heavy atom. The molecule has 0 aromatic rings. The van der Waals surface area contributed by atoms with Crippen molar-refractivity contribution in [3.05, 3.63) is 11.6 Å². The Morgan fingerprint density at radius 2 is 1.74 bits per heavy atom. The summed E-state index contributed by atoms with van der Waals surface area (Å²) < 4.78 is 31.2. The van der Waals surface area contributed by atoms with Gasteiger partial charge < -0.3 is 4.74 Å². The lowest BCUT2D eigenvalue weighted by Crippen LogP contribution is -2.13. The van der Waals surface area contributed by atoms with Crippen LogP contribution in [0.25, 0.3) is 0 Å². The highest BCUT2D eigenvalue weighted by molar-refractivity contribution is 9.10. The second kappa shape index (κ2) is 10.4. The van der Waals surface area contributed by atoms with E-state index in [1.807, 2.05) is 0 Å². The van der Waals surface area contributed by atoms with Crippen molar-refractivity contribution in [1.29, 1.82) is 0 Å². The molecule has 112 valence electrons. The maximum Gasteiger partial charge on any atom is 0.330 e. The third-order valence-electron chi connectivity index (χ3n) is 2.74. The van der Waals surface area contributed by atoms with Crippen LogP contribution in [0.5, 0.6) is 0 Å². The summed E-state index contributed by atoms with van der Waals surface area (Å²) in [6.07, 6.45) is 7.22. The van der Waals surface area contributed by atoms with Gasteiger partial charge in [-0.3, -0.25) is 0 Å². The molecule has 0 aromatic heterocycles. The molecule has 5 heteroatoms. The monoisotopic (exact) mass is 340 g/mol. The van der Waals surface area contributed by atoms with Crippen LogP contribution in [0.4, 0.5) is 8.78 Å². The van der Waals surface area contributed by atoms with Crippen molar-refractivity contribution < 1.29 is 18.3 Å². The van der Waals surface area contributed by atoms with Gasteiger partial charge in [0.15, 0.2) is 0 Å². The third-order valence-corrected chi connectivity index (χ3v) is 3.25. The summed E-state index contributed by atoms with van der Waals surface area (Å²) in [7, 11) is 0. The number of allylic oxidation sites excluding steroid dienone is 1. The van der Waals surface area contributed by atoms with E-state index in [0.29, 0.717) is 6.42 Å².